The first-order valence-electron chi connectivity index (χ1n) is 4.74. The van der Waals surface area contributed by atoms with Crippen LogP contribution < -0.4 is 4.74 Å². The molecule has 7 heteroatoms. The van der Waals surface area contributed by atoms with Gasteiger partial charge in [0.1, 0.15) is 17.1 Å². The summed E-state index contributed by atoms with van der Waals surface area (Å²) in [5.41, 5.74) is -0.372. The third kappa shape index (κ3) is 2.57. The van der Waals surface area contributed by atoms with Gasteiger partial charge in [0.25, 0.3) is 0 Å². The fourth-order valence-corrected chi connectivity index (χ4v) is 1.21. The van der Waals surface area contributed by atoms with Gasteiger partial charge in [0.2, 0.25) is 0 Å². The molecule has 1 N–H and O–H groups in total. The number of aromatic carboxylic acids is 1. The fraction of sp³-hybridized carbons (Fsp3) is 0. The Hall–Kier alpha value is -2.57. The van der Waals surface area contributed by atoms with Gasteiger partial charge < -0.3 is 9.84 Å². The molecule has 0 amide bonds. The van der Waals surface area contributed by atoms with E-state index in [1.807, 2.05) is 0 Å². The van der Waals surface area contributed by atoms with Crippen molar-refractivity contribution >= 4 is 5.97 Å². The lowest BCUT2D eigenvalue weighted by molar-refractivity contribution is 0.0693. The Bertz CT molecular complexity index is 587. The van der Waals surface area contributed by atoms with Crippen LogP contribution in [-0.4, -0.2) is 21.0 Å². The minimum absolute atomic E-state index is 0.129. The van der Waals surface area contributed by atoms with E-state index < -0.39 is 17.6 Å². The third-order valence-corrected chi connectivity index (χ3v) is 1.97. The molecule has 18 heavy (non-hydrogen) atoms. The smallest absolute Gasteiger partial charge is 0.339 e. The molecule has 1 heterocycles. The molecule has 2 rings (SSSR count). The molecule has 92 valence electrons. The van der Waals surface area contributed by atoms with Crippen LogP contribution in [0.1, 0.15) is 10.4 Å². The number of benzene rings is 1. The van der Waals surface area contributed by atoms with Gasteiger partial charge in [0, 0.05) is 0 Å². The van der Waals surface area contributed by atoms with E-state index in [0.29, 0.717) is 0 Å². The highest BCUT2D eigenvalue weighted by atomic mass is 19.1. The molecule has 0 saturated heterocycles. The van der Waals surface area contributed by atoms with Crippen molar-refractivity contribution in [3.8, 4) is 11.8 Å². The maximum atomic E-state index is 12.9. The topological polar surface area (TPSA) is 72.3 Å². The minimum atomic E-state index is -1.35. The van der Waals surface area contributed by atoms with Gasteiger partial charge in [-0.2, -0.15) is 0 Å². The van der Waals surface area contributed by atoms with E-state index in [2.05, 4.69) is 9.97 Å². The second-order valence-corrected chi connectivity index (χ2v) is 3.23. The summed E-state index contributed by atoms with van der Waals surface area (Å²) in [5.74, 6) is -2.85. The van der Waals surface area contributed by atoms with E-state index in [9.17, 15) is 13.6 Å². The van der Waals surface area contributed by atoms with Crippen LogP contribution in [0.15, 0.2) is 30.6 Å². The lowest BCUT2D eigenvalue weighted by Gasteiger charge is -2.06. The molecule has 0 atom stereocenters. The molecule has 2 aromatic rings. The molecule has 0 aliphatic heterocycles. The molecule has 1 aromatic heterocycles. The summed E-state index contributed by atoms with van der Waals surface area (Å²) >= 11 is 0. The first kappa shape index (κ1) is 11.9. The number of carboxylic acids is 1. The van der Waals surface area contributed by atoms with Crippen LogP contribution in [0.5, 0.6) is 11.8 Å². The summed E-state index contributed by atoms with van der Waals surface area (Å²) in [6.45, 7) is 0. The normalized spacial score (nSPS) is 10.1. The quantitative estimate of drug-likeness (QED) is 0.906. The monoisotopic (exact) mass is 252 g/mol. The standard InChI is InChI=1S/C11H6F2N2O3/c12-6-1-2-9(8(3-6)10(16)17)18-11-14-4-7(13)5-15-11/h1-5H,(H,16,17). The molecular weight excluding hydrogens is 246 g/mol. The molecular formula is C11H6F2N2O3. The zero-order valence-electron chi connectivity index (χ0n) is 8.80. The van der Waals surface area contributed by atoms with Crippen LogP contribution in [0.4, 0.5) is 8.78 Å². The number of hydrogen-bond acceptors (Lipinski definition) is 4. The maximum Gasteiger partial charge on any atom is 0.339 e. The van der Waals surface area contributed by atoms with E-state index >= 15 is 0 Å². The van der Waals surface area contributed by atoms with Crippen molar-refractivity contribution < 1.29 is 23.4 Å². The van der Waals surface area contributed by atoms with Gasteiger partial charge in [0.05, 0.1) is 12.4 Å². The van der Waals surface area contributed by atoms with Crippen LogP contribution in [0.3, 0.4) is 0 Å². The fourth-order valence-electron chi connectivity index (χ4n) is 1.21. The number of carboxylic acid groups (broad SMARTS) is 1. The van der Waals surface area contributed by atoms with Crippen LogP contribution >= 0.6 is 0 Å². The average Bonchev–Trinajstić information content (AvgIpc) is 2.34. The molecule has 0 saturated carbocycles. The number of aromatic nitrogens is 2. The van der Waals surface area contributed by atoms with Crippen LogP contribution in [0.25, 0.3) is 0 Å². The highest BCUT2D eigenvalue weighted by Gasteiger charge is 2.14. The Morgan fingerprint density at radius 3 is 2.44 bits per heavy atom. The average molecular weight is 252 g/mol. The number of hydrogen-bond donors (Lipinski definition) is 1. The molecule has 0 unspecified atom stereocenters. The molecule has 5 nitrogen and oxygen atoms in total. The SMILES string of the molecule is O=C(O)c1cc(F)ccc1Oc1ncc(F)cn1. The highest BCUT2D eigenvalue weighted by Crippen LogP contribution is 2.23. The van der Waals surface area contributed by atoms with Gasteiger partial charge in [-0.3, -0.25) is 0 Å². The Labute approximate surface area is 99.7 Å². The Morgan fingerprint density at radius 2 is 1.83 bits per heavy atom. The molecule has 0 radical (unpaired) electrons. The van der Waals surface area contributed by atoms with Gasteiger partial charge in [-0.15, -0.1) is 0 Å². The molecule has 0 aliphatic rings. The summed E-state index contributed by atoms with van der Waals surface area (Å²) in [4.78, 5) is 17.9. The minimum Gasteiger partial charge on any atom is -0.478 e. The van der Waals surface area contributed by atoms with Crippen LogP contribution in [0.2, 0.25) is 0 Å². The second-order valence-electron chi connectivity index (χ2n) is 3.23. The number of carbonyl (C=O) groups is 1. The predicted molar refractivity (Wildman–Crippen MR) is 55.4 cm³/mol. The summed E-state index contributed by atoms with van der Waals surface area (Å²) in [5, 5.41) is 8.86. The Morgan fingerprint density at radius 1 is 1.17 bits per heavy atom. The van der Waals surface area contributed by atoms with Gasteiger partial charge in [-0.25, -0.2) is 23.5 Å². The zero-order valence-corrected chi connectivity index (χ0v) is 8.80. The van der Waals surface area contributed by atoms with Crippen molar-refractivity contribution in [3.63, 3.8) is 0 Å². The summed E-state index contributed by atoms with van der Waals surface area (Å²) < 4.78 is 30.5. The van der Waals surface area contributed by atoms with Crippen molar-refractivity contribution in [1.29, 1.82) is 0 Å². The highest BCUT2D eigenvalue weighted by molar-refractivity contribution is 5.90. The van der Waals surface area contributed by atoms with Gasteiger partial charge in [-0.05, 0) is 18.2 Å². The second kappa shape index (κ2) is 4.74. The predicted octanol–water partition coefficient (Wildman–Crippen LogP) is 2.25. The number of rotatable bonds is 3. The van der Waals surface area contributed by atoms with Crippen molar-refractivity contribution in [2.24, 2.45) is 0 Å². The van der Waals surface area contributed by atoms with Crippen molar-refractivity contribution in [3.05, 3.63) is 47.8 Å². The molecule has 1 aromatic carbocycles. The van der Waals surface area contributed by atoms with E-state index in [0.717, 1.165) is 30.6 Å². The lowest BCUT2D eigenvalue weighted by atomic mass is 10.2. The number of halogens is 2. The maximum absolute atomic E-state index is 12.9. The van der Waals surface area contributed by atoms with Crippen LogP contribution in [0, 0.1) is 11.6 Å². The van der Waals surface area contributed by atoms with Gasteiger partial charge >= 0.3 is 12.0 Å². The third-order valence-electron chi connectivity index (χ3n) is 1.97. The van der Waals surface area contributed by atoms with E-state index in [1.54, 1.807) is 0 Å². The van der Waals surface area contributed by atoms with E-state index in [-0.39, 0.29) is 17.3 Å². The first-order valence-corrected chi connectivity index (χ1v) is 4.74. The summed E-state index contributed by atoms with van der Waals surface area (Å²) in [6, 6.07) is 2.74. The molecule has 0 bridgehead atoms. The largest absolute Gasteiger partial charge is 0.478 e. The van der Waals surface area contributed by atoms with Gasteiger partial charge in [0.15, 0.2) is 5.82 Å². The van der Waals surface area contributed by atoms with Crippen LogP contribution in [-0.2, 0) is 0 Å². The zero-order chi connectivity index (χ0) is 13.1. The van der Waals surface area contributed by atoms with Crippen molar-refractivity contribution in [1.82, 2.24) is 9.97 Å². The summed E-state index contributed by atoms with van der Waals surface area (Å²) in [7, 11) is 0. The first-order chi connectivity index (χ1) is 8.56. The van der Waals surface area contributed by atoms with Crippen molar-refractivity contribution in [2.75, 3.05) is 0 Å². The summed E-state index contributed by atoms with van der Waals surface area (Å²) in [6.07, 6.45) is 1.73. The molecule has 0 spiro atoms. The number of ether oxygens (including phenoxy) is 1. The molecule has 0 fully saturated rings. The molecule has 0 aliphatic carbocycles. The van der Waals surface area contributed by atoms with Gasteiger partial charge in [-0.1, -0.05) is 0 Å². The van der Waals surface area contributed by atoms with Crippen molar-refractivity contribution in [2.45, 2.75) is 0 Å². The van der Waals surface area contributed by atoms with E-state index in [4.69, 9.17) is 9.84 Å². The lowest BCUT2D eigenvalue weighted by Crippen LogP contribution is -2.02. The Kier molecular flexibility index (Phi) is 3.13. The van der Waals surface area contributed by atoms with E-state index in [1.165, 1.54) is 0 Å². The Balaban J connectivity index is 2.34. The number of nitrogens with zero attached hydrogens (tertiary/aromatic N) is 2.